The van der Waals surface area contributed by atoms with Crippen molar-refractivity contribution in [2.75, 3.05) is 4.90 Å². The molecule has 1 aliphatic rings. The lowest BCUT2D eigenvalue weighted by Gasteiger charge is -2.44. The average molecular weight is 438 g/mol. The van der Waals surface area contributed by atoms with Gasteiger partial charge in [-0.05, 0) is 78.8 Å². The minimum Gasteiger partial charge on any atom is -0.330 e. The van der Waals surface area contributed by atoms with Gasteiger partial charge in [-0.15, -0.1) is 0 Å². The Kier molecular flexibility index (Phi) is 6.82. The fourth-order valence-electron chi connectivity index (χ4n) is 4.66. The Morgan fingerprint density at radius 1 is 0.875 bits per heavy atom. The first-order valence-corrected chi connectivity index (χ1v) is 10.9. The van der Waals surface area contributed by atoms with Crippen LogP contribution in [-0.4, -0.2) is 0 Å². The van der Waals surface area contributed by atoms with Crippen molar-refractivity contribution in [3.05, 3.63) is 112 Å². The van der Waals surface area contributed by atoms with E-state index in [1.807, 2.05) is 32.0 Å². The molecule has 3 rings (SSSR count). The molecule has 1 heterocycles. The van der Waals surface area contributed by atoms with E-state index in [4.69, 9.17) is 0 Å². The Labute approximate surface area is 189 Å². The van der Waals surface area contributed by atoms with Gasteiger partial charge in [-0.25, -0.2) is 0 Å². The molecule has 1 nitrogen and oxygen atoms in total. The molecule has 1 atom stereocenters. The third-order valence-corrected chi connectivity index (χ3v) is 5.89. The third-order valence-electron chi connectivity index (χ3n) is 5.89. The van der Waals surface area contributed by atoms with Gasteiger partial charge in [-0.3, -0.25) is 0 Å². The molecule has 2 aromatic rings. The Bertz CT molecular complexity index is 1070. The fraction of sp³-hybridized carbons (Fsp3) is 0.286. The molecule has 32 heavy (non-hydrogen) atoms. The van der Waals surface area contributed by atoms with E-state index in [9.17, 15) is 13.2 Å². The monoisotopic (exact) mass is 437 g/mol. The summed E-state index contributed by atoms with van der Waals surface area (Å²) in [6.07, 6.45) is -2.80. The summed E-state index contributed by atoms with van der Waals surface area (Å²) in [6, 6.07) is 15.4. The van der Waals surface area contributed by atoms with Gasteiger partial charge in [-0.1, -0.05) is 62.9 Å². The van der Waals surface area contributed by atoms with E-state index in [1.54, 1.807) is 12.1 Å². The Morgan fingerprint density at radius 2 is 1.47 bits per heavy atom. The van der Waals surface area contributed by atoms with Crippen LogP contribution in [0.15, 0.2) is 101 Å². The smallest absolute Gasteiger partial charge is 0.330 e. The number of hydrogen-bond donors (Lipinski definition) is 0. The SMILES string of the molecule is C=C(C)C1=C(CC)C(c2ccccc2)N(c2ccc(C(F)(F)F)cc2)C(C(=C)C)=C1CC. The van der Waals surface area contributed by atoms with Crippen molar-refractivity contribution in [2.24, 2.45) is 0 Å². The van der Waals surface area contributed by atoms with Crippen LogP contribution in [0.1, 0.15) is 57.7 Å². The van der Waals surface area contributed by atoms with Gasteiger partial charge >= 0.3 is 6.18 Å². The molecule has 1 unspecified atom stereocenters. The first-order valence-electron chi connectivity index (χ1n) is 10.9. The molecule has 1 aliphatic heterocycles. The van der Waals surface area contributed by atoms with Crippen molar-refractivity contribution in [1.29, 1.82) is 0 Å². The lowest BCUT2D eigenvalue weighted by molar-refractivity contribution is -0.137. The summed E-state index contributed by atoms with van der Waals surface area (Å²) < 4.78 is 39.7. The topological polar surface area (TPSA) is 3.24 Å². The maximum Gasteiger partial charge on any atom is 0.416 e. The zero-order chi connectivity index (χ0) is 23.6. The molecule has 0 saturated carbocycles. The van der Waals surface area contributed by atoms with Gasteiger partial charge in [0.2, 0.25) is 0 Å². The largest absolute Gasteiger partial charge is 0.416 e. The highest BCUT2D eigenvalue weighted by Crippen LogP contribution is 2.49. The Hall–Kier alpha value is -3.01. The van der Waals surface area contributed by atoms with Crippen LogP contribution in [-0.2, 0) is 6.18 Å². The summed E-state index contributed by atoms with van der Waals surface area (Å²) >= 11 is 0. The van der Waals surface area contributed by atoms with Gasteiger partial charge in [0.1, 0.15) is 0 Å². The standard InChI is InChI=1S/C28H30F3N/c1-7-23-25(18(3)4)24(8-2)27(20-12-10-9-11-13-20)32(26(23)19(5)6)22-16-14-21(15-17-22)28(29,30)31/h9-17,27H,3,5,7-8H2,1-2,4,6H3. The van der Waals surface area contributed by atoms with E-state index >= 15 is 0 Å². The molecule has 0 radical (unpaired) electrons. The summed E-state index contributed by atoms with van der Waals surface area (Å²) in [5.41, 5.74) is 7.46. The van der Waals surface area contributed by atoms with E-state index in [1.165, 1.54) is 5.57 Å². The van der Waals surface area contributed by atoms with Gasteiger partial charge < -0.3 is 4.90 Å². The minimum absolute atomic E-state index is 0.161. The molecule has 0 spiro atoms. The molecular formula is C28H30F3N. The molecule has 0 aromatic heterocycles. The highest BCUT2D eigenvalue weighted by molar-refractivity contribution is 5.70. The highest BCUT2D eigenvalue weighted by atomic mass is 19.4. The minimum atomic E-state index is -4.37. The van der Waals surface area contributed by atoms with Crippen molar-refractivity contribution >= 4 is 5.69 Å². The van der Waals surface area contributed by atoms with Crippen molar-refractivity contribution in [1.82, 2.24) is 0 Å². The quantitative estimate of drug-likeness (QED) is 0.436. The molecule has 2 aromatic carbocycles. The molecule has 0 saturated heterocycles. The first-order chi connectivity index (χ1) is 15.1. The van der Waals surface area contributed by atoms with Gasteiger partial charge in [0, 0.05) is 11.4 Å². The second-order valence-electron chi connectivity index (χ2n) is 8.22. The van der Waals surface area contributed by atoms with Gasteiger partial charge in [-0.2, -0.15) is 13.2 Å². The second kappa shape index (κ2) is 9.23. The number of benzene rings is 2. The molecule has 4 heteroatoms. The van der Waals surface area contributed by atoms with E-state index in [0.717, 1.165) is 58.5 Å². The summed E-state index contributed by atoms with van der Waals surface area (Å²) in [6.45, 7) is 16.7. The number of allylic oxidation sites excluding steroid dienone is 4. The predicted octanol–water partition coefficient (Wildman–Crippen LogP) is 8.79. The van der Waals surface area contributed by atoms with Gasteiger partial charge in [0.25, 0.3) is 0 Å². The first kappa shape index (κ1) is 23.6. The Balaban J connectivity index is 2.36. The number of anilines is 1. The number of hydrogen-bond acceptors (Lipinski definition) is 1. The van der Waals surface area contributed by atoms with Crippen molar-refractivity contribution in [3.8, 4) is 0 Å². The maximum absolute atomic E-state index is 13.2. The highest BCUT2D eigenvalue weighted by Gasteiger charge is 2.36. The number of halogens is 3. The zero-order valence-corrected chi connectivity index (χ0v) is 19.2. The third kappa shape index (κ3) is 4.32. The number of rotatable bonds is 6. The van der Waals surface area contributed by atoms with Crippen molar-refractivity contribution < 1.29 is 13.2 Å². The average Bonchev–Trinajstić information content (AvgIpc) is 2.76. The van der Waals surface area contributed by atoms with Gasteiger partial charge in [0.05, 0.1) is 11.6 Å². The van der Waals surface area contributed by atoms with E-state index in [-0.39, 0.29) is 6.04 Å². The molecule has 0 fully saturated rings. The fourth-order valence-corrected chi connectivity index (χ4v) is 4.66. The van der Waals surface area contributed by atoms with Crippen LogP contribution in [0.5, 0.6) is 0 Å². The molecular weight excluding hydrogens is 407 g/mol. The van der Waals surface area contributed by atoms with E-state index < -0.39 is 11.7 Å². The van der Waals surface area contributed by atoms with Crippen LogP contribution < -0.4 is 4.90 Å². The molecule has 0 aliphatic carbocycles. The molecule has 0 amide bonds. The maximum atomic E-state index is 13.2. The van der Waals surface area contributed by atoms with Crippen LogP contribution >= 0.6 is 0 Å². The van der Waals surface area contributed by atoms with Crippen LogP contribution in [0, 0.1) is 0 Å². The molecule has 168 valence electrons. The number of alkyl halides is 3. The van der Waals surface area contributed by atoms with E-state index in [0.29, 0.717) is 5.69 Å². The van der Waals surface area contributed by atoms with Crippen LogP contribution in [0.3, 0.4) is 0 Å². The van der Waals surface area contributed by atoms with Crippen molar-refractivity contribution in [3.63, 3.8) is 0 Å². The second-order valence-corrected chi connectivity index (χ2v) is 8.22. The van der Waals surface area contributed by atoms with Crippen molar-refractivity contribution in [2.45, 2.75) is 52.8 Å². The summed E-state index contributed by atoms with van der Waals surface area (Å²) in [4.78, 5) is 2.15. The normalized spacial score (nSPS) is 17.1. The van der Waals surface area contributed by atoms with Crippen LogP contribution in [0.25, 0.3) is 0 Å². The van der Waals surface area contributed by atoms with Crippen LogP contribution in [0.4, 0.5) is 18.9 Å². The van der Waals surface area contributed by atoms with Gasteiger partial charge in [0.15, 0.2) is 0 Å². The Morgan fingerprint density at radius 3 is 1.91 bits per heavy atom. The lowest BCUT2D eigenvalue weighted by Crippen LogP contribution is -2.35. The van der Waals surface area contributed by atoms with Crippen LogP contribution in [0.2, 0.25) is 0 Å². The molecule has 0 N–H and O–H groups in total. The molecule has 0 bridgehead atoms. The zero-order valence-electron chi connectivity index (χ0n) is 19.2. The summed E-state index contributed by atoms with van der Waals surface area (Å²) in [5, 5.41) is 0. The number of nitrogens with zero attached hydrogens (tertiary/aromatic N) is 1. The summed E-state index contributed by atoms with van der Waals surface area (Å²) in [5.74, 6) is 0. The van der Waals surface area contributed by atoms with E-state index in [2.05, 4.69) is 44.0 Å². The lowest BCUT2D eigenvalue weighted by atomic mass is 9.79. The summed E-state index contributed by atoms with van der Waals surface area (Å²) in [7, 11) is 0. The predicted molar refractivity (Wildman–Crippen MR) is 127 cm³/mol.